The maximum atomic E-state index is 12.0. The Morgan fingerprint density at radius 1 is 0.850 bits per heavy atom. The lowest BCUT2D eigenvalue weighted by atomic mass is 10.0. The van der Waals surface area contributed by atoms with E-state index in [4.69, 9.17) is 11.6 Å². The molecule has 0 spiro atoms. The Labute approximate surface area is 123 Å². The van der Waals surface area contributed by atoms with Gasteiger partial charge in [-0.1, -0.05) is 48.0 Å². The summed E-state index contributed by atoms with van der Waals surface area (Å²) < 4.78 is 0. The highest BCUT2D eigenvalue weighted by Crippen LogP contribution is 2.12. The van der Waals surface area contributed by atoms with Gasteiger partial charge in [-0.2, -0.15) is 0 Å². The van der Waals surface area contributed by atoms with E-state index in [0.717, 1.165) is 11.1 Å². The summed E-state index contributed by atoms with van der Waals surface area (Å²) in [6, 6.07) is 14.5. The summed E-state index contributed by atoms with van der Waals surface area (Å²) in [6.45, 7) is 1.53. The smallest absolute Gasteiger partial charge is 0.159 e. The summed E-state index contributed by atoms with van der Waals surface area (Å²) in [7, 11) is 0. The molecule has 2 aromatic carbocycles. The van der Waals surface area contributed by atoms with E-state index in [1.807, 2.05) is 24.3 Å². The van der Waals surface area contributed by atoms with Crippen molar-refractivity contribution in [1.29, 1.82) is 0 Å². The topological polar surface area (TPSA) is 34.1 Å². The van der Waals surface area contributed by atoms with Crippen LogP contribution in [-0.4, -0.2) is 11.6 Å². The van der Waals surface area contributed by atoms with E-state index in [9.17, 15) is 9.59 Å². The van der Waals surface area contributed by atoms with Crippen molar-refractivity contribution >= 4 is 23.2 Å². The number of hydrogen-bond acceptors (Lipinski definition) is 2. The first-order chi connectivity index (χ1) is 9.54. The minimum absolute atomic E-state index is 0.0315. The van der Waals surface area contributed by atoms with Crippen LogP contribution in [0.3, 0.4) is 0 Å². The summed E-state index contributed by atoms with van der Waals surface area (Å²) in [5, 5.41) is 0.668. The average Bonchev–Trinajstić information content (AvgIpc) is 2.42. The number of halogens is 1. The number of ketones is 2. The van der Waals surface area contributed by atoms with E-state index in [-0.39, 0.29) is 11.6 Å². The predicted molar refractivity (Wildman–Crippen MR) is 80.3 cm³/mol. The van der Waals surface area contributed by atoms with Gasteiger partial charge in [-0.15, -0.1) is 0 Å². The van der Waals surface area contributed by atoms with Gasteiger partial charge in [0, 0.05) is 23.4 Å². The van der Waals surface area contributed by atoms with Crippen LogP contribution in [0.2, 0.25) is 5.02 Å². The second kappa shape index (κ2) is 6.49. The first kappa shape index (κ1) is 14.5. The highest BCUT2D eigenvalue weighted by atomic mass is 35.5. The van der Waals surface area contributed by atoms with Crippen LogP contribution in [0.15, 0.2) is 48.5 Å². The SMILES string of the molecule is CC(=O)c1ccc(CC(=O)Cc2ccc(Cl)cc2)cc1. The summed E-state index contributed by atoms with van der Waals surface area (Å²) in [5.41, 5.74) is 2.55. The van der Waals surface area contributed by atoms with Crippen molar-refractivity contribution in [3.05, 3.63) is 70.2 Å². The molecule has 0 amide bonds. The van der Waals surface area contributed by atoms with Gasteiger partial charge in [-0.05, 0) is 30.2 Å². The molecule has 0 aliphatic rings. The third-order valence-electron chi connectivity index (χ3n) is 3.08. The maximum absolute atomic E-state index is 12.0. The second-order valence-electron chi connectivity index (χ2n) is 4.77. The molecule has 0 aromatic heterocycles. The van der Waals surface area contributed by atoms with Crippen molar-refractivity contribution in [3.63, 3.8) is 0 Å². The van der Waals surface area contributed by atoms with Crippen molar-refractivity contribution in [3.8, 4) is 0 Å². The molecule has 20 heavy (non-hydrogen) atoms. The fourth-order valence-corrected chi connectivity index (χ4v) is 2.10. The average molecular weight is 287 g/mol. The van der Waals surface area contributed by atoms with Crippen molar-refractivity contribution in [2.24, 2.45) is 0 Å². The molecule has 0 bridgehead atoms. The number of carbonyl (C=O) groups excluding carboxylic acids is 2. The molecule has 0 aliphatic heterocycles. The van der Waals surface area contributed by atoms with Crippen LogP contribution in [0.4, 0.5) is 0 Å². The van der Waals surface area contributed by atoms with Gasteiger partial charge >= 0.3 is 0 Å². The molecule has 0 radical (unpaired) electrons. The number of hydrogen-bond donors (Lipinski definition) is 0. The first-order valence-corrected chi connectivity index (χ1v) is 6.78. The van der Waals surface area contributed by atoms with Crippen molar-refractivity contribution < 1.29 is 9.59 Å². The Hall–Kier alpha value is -1.93. The van der Waals surface area contributed by atoms with Crippen LogP contribution >= 0.6 is 11.6 Å². The Kier molecular flexibility index (Phi) is 4.70. The van der Waals surface area contributed by atoms with Gasteiger partial charge < -0.3 is 0 Å². The minimum Gasteiger partial charge on any atom is -0.299 e. The molecule has 102 valence electrons. The van der Waals surface area contributed by atoms with Gasteiger partial charge in [0.25, 0.3) is 0 Å². The van der Waals surface area contributed by atoms with Crippen LogP contribution in [0.25, 0.3) is 0 Å². The van der Waals surface area contributed by atoms with E-state index in [1.54, 1.807) is 24.3 Å². The Morgan fingerprint density at radius 2 is 1.30 bits per heavy atom. The quantitative estimate of drug-likeness (QED) is 0.781. The van der Waals surface area contributed by atoms with Gasteiger partial charge in [0.15, 0.2) is 5.78 Å². The summed E-state index contributed by atoms with van der Waals surface area (Å²) >= 11 is 5.81. The van der Waals surface area contributed by atoms with Gasteiger partial charge in [0.1, 0.15) is 5.78 Å². The summed E-state index contributed by atoms with van der Waals surface area (Å²) in [4.78, 5) is 23.2. The van der Waals surface area contributed by atoms with Crippen molar-refractivity contribution in [2.75, 3.05) is 0 Å². The lowest BCUT2D eigenvalue weighted by Gasteiger charge is -2.03. The molecule has 0 N–H and O–H groups in total. The van der Waals surface area contributed by atoms with Crippen LogP contribution in [0.1, 0.15) is 28.4 Å². The summed E-state index contributed by atoms with van der Waals surface area (Å²) in [6.07, 6.45) is 0.770. The number of Topliss-reactive ketones (excluding diaryl/α,β-unsaturated/α-hetero) is 2. The number of carbonyl (C=O) groups is 2. The molecule has 0 atom stereocenters. The number of rotatable bonds is 5. The molecule has 0 fully saturated rings. The first-order valence-electron chi connectivity index (χ1n) is 6.40. The van der Waals surface area contributed by atoms with Crippen molar-refractivity contribution in [2.45, 2.75) is 19.8 Å². The third-order valence-corrected chi connectivity index (χ3v) is 3.33. The normalized spacial score (nSPS) is 10.3. The van der Waals surface area contributed by atoms with E-state index in [2.05, 4.69) is 0 Å². The highest BCUT2D eigenvalue weighted by molar-refractivity contribution is 6.30. The monoisotopic (exact) mass is 286 g/mol. The third kappa shape index (κ3) is 4.04. The van der Waals surface area contributed by atoms with Crippen LogP contribution < -0.4 is 0 Å². The predicted octanol–water partition coefficient (Wildman–Crippen LogP) is 3.90. The van der Waals surface area contributed by atoms with E-state index in [1.165, 1.54) is 6.92 Å². The lowest BCUT2D eigenvalue weighted by Crippen LogP contribution is -2.06. The van der Waals surface area contributed by atoms with Gasteiger partial charge in [-0.25, -0.2) is 0 Å². The zero-order valence-electron chi connectivity index (χ0n) is 11.2. The number of benzene rings is 2. The van der Waals surface area contributed by atoms with Gasteiger partial charge in [0.2, 0.25) is 0 Å². The van der Waals surface area contributed by atoms with Crippen LogP contribution in [0.5, 0.6) is 0 Å². The molecular formula is C17H15ClO2. The van der Waals surface area contributed by atoms with Crippen molar-refractivity contribution in [1.82, 2.24) is 0 Å². The molecule has 2 aromatic rings. The van der Waals surface area contributed by atoms with Crippen LogP contribution in [0, 0.1) is 0 Å². The molecular weight excluding hydrogens is 272 g/mol. The van der Waals surface area contributed by atoms with E-state index < -0.39 is 0 Å². The zero-order chi connectivity index (χ0) is 14.5. The molecule has 0 aliphatic carbocycles. The fourth-order valence-electron chi connectivity index (χ4n) is 1.98. The largest absolute Gasteiger partial charge is 0.299 e. The molecule has 2 rings (SSSR count). The van der Waals surface area contributed by atoms with Gasteiger partial charge in [-0.3, -0.25) is 9.59 Å². The van der Waals surface area contributed by atoms with Gasteiger partial charge in [0.05, 0.1) is 0 Å². The molecule has 3 heteroatoms. The Bertz CT molecular complexity index is 612. The van der Waals surface area contributed by atoms with E-state index in [0.29, 0.717) is 23.4 Å². The second-order valence-corrected chi connectivity index (χ2v) is 5.21. The van der Waals surface area contributed by atoms with E-state index >= 15 is 0 Å². The minimum atomic E-state index is 0.0315. The standard InChI is InChI=1S/C17H15ClO2/c1-12(19)15-6-2-13(3-7-15)10-17(20)11-14-4-8-16(18)9-5-14/h2-9H,10-11H2,1H3. The fraction of sp³-hybridized carbons (Fsp3) is 0.176. The molecule has 0 unspecified atom stereocenters. The molecule has 0 heterocycles. The molecule has 2 nitrogen and oxygen atoms in total. The summed E-state index contributed by atoms with van der Waals surface area (Å²) in [5.74, 6) is 0.173. The zero-order valence-corrected chi connectivity index (χ0v) is 12.0. The molecule has 0 saturated heterocycles. The lowest BCUT2D eigenvalue weighted by molar-refractivity contribution is -0.117. The Balaban J connectivity index is 1.97. The maximum Gasteiger partial charge on any atom is 0.159 e. The van der Waals surface area contributed by atoms with Crippen LogP contribution in [-0.2, 0) is 17.6 Å². The highest BCUT2D eigenvalue weighted by Gasteiger charge is 2.06. The molecule has 0 saturated carbocycles. The Morgan fingerprint density at radius 3 is 1.75 bits per heavy atom.